The fourth-order valence-electron chi connectivity index (χ4n) is 8.50. The number of rotatable bonds is 3. The smallest absolute Gasteiger partial charge is 0.160 e. The maximum absolute atomic E-state index is 5.16. The molecule has 0 atom stereocenters. The van der Waals surface area contributed by atoms with E-state index in [4.69, 9.17) is 9.97 Å². The van der Waals surface area contributed by atoms with Gasteiger partial charge in [-0.1, -0.05) is 103 Å². The molecule has 0 aliphatic heterocycles. The van der Waals surface area contributed by atoms with E-state index in [-0.39, 0.29) is 0 Å². The van der Waals surface area contributed by atoms with Crippen molar-refractivity contribution in [1.29, 1.82) is 0 Å². The van der Waals surface area contributed by atoms with Crippen LogP contribution in [0.4, 0.5) is 0 Å². The van der Waals surface area contributed by atoms with E-state index in [1.165, 1.54) is 75.2 Å². The van der Waals surface area contributed by atoms with Gasteiger partial charge in [0, 0.05) is 53.1 Å². The highest BCUT2D eigenvalue weighted by molar-refractivity contribution is 7.25. The van der Waals surface area contributed by atoms with E-state index in [1.54, 1.807) is 0 Å². The normalized spacial score (nSPS) is 12.2. The van der Waals surface area contributed by atoms with Gasteiger partial charge >= 0.3 is 0 Å². The van der Waals surface area contributed by atoms with E-state index < -0.39 is 0 Å². The summed E-state index contributed by atoms with van der Waals surface area (Å²) in [7, 11) is 0. The van der Waals surface area contributed by atoms with Gasteiger partial charge in [0.2, 0.25) is 0 Å². The number of para-hydroxylation sites is 1. The molecule has 0 fully saturated rings. The fraction of sp³-hybridized carbons (Fsp3) is 0. The first-order valence-electron chi connectivity index (χ1n) is 17.7. The number of benzene rings is 8. The lowest BCUT2D eigenvalue weighted by Gasteiger charge is -2.11. The van der Waals surface area contributed by atoms with E-state index in [0.717, 1.165) is 39.1 Å². The Hall–Kier alpha value is -6.62. The van der Waals surface area contributed by atoms with Gasteiger partial charge < -0.3 is 4.57 Å². The van der Waals surface area contributed by atoms with Crippen LogP contribution in [-0.4, -0.2) is 14.5 Å². The number of hydrogen-bond acceptors (Lipinski definition) is 3. The molecule has 0 saturated heterocycles. The molecule has 3 nitrogen and oxygen atoms in total. The molecule has 1 aliphatic rings. The first kappa shape index (κ1) is 28.1. The number of thiophene rings is 1. The molecule has 3 aromatic heterocycles. The Kier molecular flexibility index (Phi) is 5.65. The van der Waals surface area contributed by atoms with E-state index in [0.29, 0.717) is 0 Å². The van der Waals surface area contributed by atoms with Gasteiger partial charge in [-0.3, -0.25) is 0 Å². The van der Waals surface area contributed by atoms with Crippen molar-refractivity contribution in [1.82, 2.24) is 14.5 Å². The van der Waals surface area contributed by atoms with E-state index in [1.807, 2.05) is 11.3 Å². The van der Waals surface area contributed by atoms with Crippen LogP contribution >= 0.6 is 11.3 Å². The van der Waals surface area contributed by atoms with Crippen LogP contribution in [0, 0.1) is 0 Å². The minimum atomic E-state index is 0.756. The highest BCUT2D eigenvalue weighted by Gasteiger charge is 2.24. The van der Waals surface area contributed by atoms with Crippen LogP contribution in [0.3, 0.4) is 0 Å². The molecule has 0 unspecified atom stereocenters. The Balaban J connectivity index is 0.968. The lowest BCUT2D eigenvalue weighted by molar-refractivity contribution is 1.19. The summed E-state index contributed by atoms with van der Waals surface area (Å²) in [6, 6.07) is 59.6. The van der Waals surface area contributed by atoms with Gasteiger partial charge in [0.05, 0.1) is 22.2 Å². The van der Waals surface area contributed by atoms with Crippen molar-refractivity contribution in [3.63, 3.8) is 0 Å². The Morgan fingerprint density at radius 2 is 1.12 bits per heavy atom. The van der Waals surface area contributed by atoms with Gasteiger partial charge in [-0.25, -0.2) is 9.97 Å². The summed E-state index contributed by atoms with van der Waals surface area (Å²) in [6.07, 6.45) is 0. The van der Waals surface area contributed by atoms with Crippen molar-refractivity contribution >= 4 is 75.0 Å². The maximum atomic E-state index is 5.16. The van der Waals surface area contributed by atoms with Crippen molar-refractivity contribution in [2.75, 3.05) is 0 Å². The monoisotopic (exact) mass is 677 g/mol. The second kappa shape index (κ2) is 10.5. The predicted octanol–water partition coefficient (Wildman–Crippen LogP) is 13.2. The summed E-state index contributed by atoms with van der Waals surface area (Å²) in [4.78, 5) is 10.2. The zero-order valence-corrected chi connectivity index (χ0v) is 28.7. The van der Waals surface area contributed by atoms with Gasteiger partial charge in [-0.05, 0) is 93.7 Å². The van der Waals surface area contributed by atoms with Crippen LogP contribution in [0.1, 0.15) is 0 Å². The summed E-state index contributed by atoms with van der Waals surface area (Å²) in [6.45, 7) is 0. The third-order valence-corrected chi connectivity index (χ3v) is 12.1. The summed E-state index contributed by atoms with van der Waals surface area (Å²) in [5.41, 5.74) is 12.7. The summed E-state index contributed by atoms with van der Waals surface area (Å²) >= 11 is 1.86. The van der Waals surface area contributed by atoms with Crippen molar-refractivity contribution in [3.05, 3.63) is 164 Å². The lowest BCUT2D eigenvalue weighted by atomic mass is 10.0. The molecule has 4 heteroatoms. The number of nitrogens with zero attached hydrogens (tertiary/aromatic N) is 3. The number of fused-ring (bicyclic) bond motifs is 10. The zero-order chi connectivity index (χ0) is 33.9. The minimum absolute atomic E-state index is 0.756. The second-order valence-electron chi connectivity index (χ2n) is 13.8. The molecule has 12 rings (SSSR count). The molecule has 11 aromatic rings. The highest BCUT2D eigenvalue weighted by Crippen LogP contribution is 2.46. The van der Waals surface area contributed by atoms with E-state index in [2.05, 4.69) is 168 Å². The molecule has 0 N–H and O–H groups in total. The summed E-state index contributed by atoms with van der Waals surface area (Å²) in [5.74, 6) is 0.756. The average molecular weight is 678 g/mol. The maximum Gasteiger partial charge on any atom is 0.160 e. The second-order valence-corrected chi connectivity index (χ2v) is 14.9. The quantitative estimate of drug-likeness (QED) is 0.186. The lowest BCUT2D eigenvalue weighted by Crippen LogP contribution is -1.95. The van der Waals surface area contributed by atoms with Crippen LogP contribution < -0.4 is 0 Å². The Labute approximate surface area is 302 Å². The molecule has 8 aromatic carbocycles. The molecular formula is C48H27N3S. The van der Waals surface area contributed by atoms with Gasteiger partial charge in [0.1, 0.15) is 0 Å². The van der Waals surface area contributed by atoms with Gasteiger partial charge in [0.25, 0.3) is 0 Å². The molecule has 0 saturated carbocycles. The molecule has 1 aliphatic carbocycles. The van der Waals surface area contributed by atoms with Crippen molar-refractivity contribution in [2.24, 2.45) is 0 Å². The van der Waals surface area contributed by atoms with Crippen LogP contribution in [0.2, 0.25) is 0 Å². The SMILES string of the molecule is c1ccc2c(c1)-c1cccc3nc(-c4ccc5cc(-n6c7ccccc7c7cc(-c8ccc9sc%10ccccc%10c9c8)ccc76)ccc5c4)nc-2c13. The summed E-state index contributed by atoms with van der Waals surface area (Å²) in [5, 5.41) is 8.65. The predicted molar refractivity (Wildman–Crippen MR) is 220 cm³/mol. The topological polar surface area (TPSA) is 30.7 Å². The van der Waals surface area contributed by atoms with Gasteiger partial charge in [0.15, 0.2) is 5.82 Å². The fourth-order valence-corrected chi connectivity index (χ4v) is 9.59. The van der Waals surface area contributed by atoms with Crippen LogP contribution in [0.5, 0.6) is 0 Å². The first-order chi connectivity index (χ1) is 25.7. The molecule has 3 heterocycles. The largest absolute Gasteiger partial charge is 0.309 e. The van der Waals surface area contributed by atoms with Crippen molar-refractivity contribution < 1.29 is 0 Å². The highest BCUT2D eigenvalue weighted by atomic mass is 32.1. The Bertz CT molecular complexity index is 3310. The molecule has 52 heavy (non-hydrogen) atoms. The molecule has 0 radical (unpaired) electrons. The van der Waals surface area contributed by atoms with Gasteiger partial charge in [-0.15, -0.1) is 11.3 Å². The van der Waals surface area contributed by atoms with E-state index >= 15 is 0 Å². The van der Waals surface area contributed by atoms with Crippen molar-refractivity contribution in [2.45, 2.75) is 0 Å². The average Bonchev–Trinajstić information content (AvgIpc) is 3.85. The molecule has 0 spiro atoms. The Morgan fingerprint density at radius 3 is 2.06 bits per heavy atom. The van der Waals surface area contributed by atoms with Crippen LogP contribution in [-0.2, 0) is 0 Å². The third-order valence-electron chi connectivity index (χ3n) is 10.9. The molecule has 240 valence electrons. The van der Waals surface area contributed by atoms with E-state index in [9.17, 15) is 0 Å². The number of hydrogen-bond donors (Lipinski definition) is 0. The standard InChI is InChI=1S/C48H27N3S/c1-2-11-38-34(8-1)37-12-7-13-41-46(37)47(38)50-48(49-41)32-17-16-29-25-33(21-18-28(29)24-32)51-42-14-5-3-9-35(42)39-26-30(19-22-43(39)51)31-20-23-45-40(27-31)36-10-4-6-15-44(36)52-45/h1-27H. The van der Waals surface area contributed by atoms with Gasteiger partial charge in [-0.2, -0.15) is 0 Å². The van der Waals surface area contributed by atoms with Crippen LogP contribution in [0.25, 0.3) is 114 Å². The molecule has 0 bridgehead atoms. The van der Waals surface area contributed by atoms with Crippen LogP contribution in [0.15, 0.2) is 164 Å². The Morgan fingerprint density at radius 1 is 0.423 bits per heavy atom. The molecule has 0 amide bonds. The minimum Gasteiger partial charge on any atom is -0.309 e. The zero-order valence-electron chi connectivity index (χ0n) is 27.8. The molecular weight excluding hydrogens is 651 g/mol. The van der Waals surface area contributed by atoms with Crippen molar-refractivity contribution in [3.8, 4) is 50.6 Å². The third kappa shape index (κ3) is 3.95. The number of aromatic nitrogens is 3. The first-order valence-corrected chi connectivity index (χ1v) is 18.5. The summed E-state index contributed by atoms with van der Waals surface area (Å²) < 4.78 is 5.07.